The molecule has 0 N–H and O–H groups in total. The largest absolute Gasteiger partial charge is 0.227 e. The van der Waals surface area contributed by atoms with Crippen molar-refractivity contribution < 1.29 is 8.42 Å². The van der Waals surface area contributed by atoms with Crippen LogP contribution < -0.4 is 0 Å². The van der Waals surface area contributed by atoms with E-state index in [1.165, 1.54) is 0 Å². The van der Waals surface area contributed by atoms with Crippen molar-refractivity contribution in [2.24, 2.45) is 0 Å². The summed E-state index contributed by atoms with van der Waals surface area (Å²) in [5.74, 6) is 0. The van der Waals surface area contributed by atoms with Crippen molar-refractivity contribution in [2.75, 3.05) is 5.08 Å². The molecule has 2 nitrogen and oxygen atoms in total. The molecule has 9 heavy (non-hydrogen) atoms. The molecule has 0 saturated carbocycles. The summed E-state index contributed by atoms with van der Waals surface area (Å²) in [6, 6.07) is 0. The summed E-state index contributed by atoms with van der Waals surface area (Å²) >= 11 is 3.71. The fraction of sp³-hybridized carbons (Fsp3) is 1.00. The number of hydrogen-bond donors (Lipinski definition) is 1. The van der Waals surface area contributed by atoms with Gasteiger partial charge in [-0.1, -0.05) is 0 Å². The molecule has 0 rings (SSSR count). The fourth-order valence-corrected chi connectivity index (χ4v) is 1.74. The molecule has 0 aromatic rings. The molecule has 0 aliphatic rings. The van der Waals surface area contributed by atoms with E-state index in [0.29, 0.717) is 0 Å². The number of hydrogen-bond acceptors (Lipinski definition) is 3. The molecular formula is C5H12O2S2. The quantitative estimate of drug-likeness (QED) is 0.595. The second-order valence-electron chi connectivity index (χ2n) is 2.86. The van der Waals surface area contributed by atoms with E-state index in [-0.39, 0.29) is 5.08 Å². The van der Waals surface area contributed by atoms with Crippen molar-refractivity contribution >= 4 is 22.5 Å². The van der Waals surface area contributed by atoms with E-state index < -0.39 is 14.6 Å². The maximum Gasteiger partial charge on any atom is 0.164 e. The minimum Gasteiger partial charge on any atom is -0.227 e. The van der Waals surface area contributed by atoms with Gasteiger partial charge in [-0.3, -0.25) is 0 Å². The highest BCUT2D eigenvalue weighted by Gasteiger charge is 2.26. The van der Waals surface area contributed by atoms with E-state index in [4.69, 9.17) is 0 Å². The van der Waals surface area contributed by atoms with Gasteiger partial charge in [0.1, 0.15) is 0 Å². The molecule has 0 aromatic carbocycles. The van der Waals surface area contributed by atoms with E-state index in [1.807, 2.05) is 0 Å². The first-order chi connectivity index (χ1) is 3.81. The molecule has 0 heterocycles. The van der Waals surface area contributed by atoms with Crippen LogP contribution in [-0.4, -0.2) is 18.2 Å². The van der Waals surface area contributed by atoms with Gasteiger partial charge >= 0.3 is 0 Å². The average Bonchev–Trinajstić information content (AvgIpc) is 1.64. The van der Waals surface area contributed by atoms with Crippen LogP contribution in [0.2, 0.25) is 0 Å². The smallest absolute Gasteiger partial charge is 0.164 e. The van der Waals surface area contributed by atoms with Crippen LogP contribution in [-0.2, 0) is 9.84 Å². The summed E-state index contributed by atoms with van der Waals surface area (Å²) in [5.41, 5.74) is 0. The topological polar surface area (TPSA) is 34.1 Å². The van der Waals surface area contributed by atoms with E-state index in [1.54, 1.807) is 20.8 Å². The lowest BCUT2D eigenvalue weighted by Crippen LogP contribution is -2.28. The lowest BCUT2D eigenvalue weighted by atomic mass is 10.3. The first-order valence-corrected chi connectivity index (χ1v) is 4.93. The first kappa shape index (κ1) is 9.30. The maximum atomic E-state index is 10.9. The monoisotopic (exact) mass is 168 g/mol. The average molecular weight is 168 g/mol. The predicted octanol–water partition coefficient (Wildman–Crippen LogP) is 1.09. The maximum absolute atomic E-state index is 10.9. The van der Waals surface area contributed by atoms with Gasteiger partial charge in [0.2, 0.25) is 0 Å². The summed E-state index contributed by atoms with van der Waals surface area (Å²) < 4.78 is 21.2. The molecule has 0 unspecified atom stereocenters. The highest BCUT2D eigenvalue weighted by atomic mass is 32.2. The Balaban J connectivity index is 4.57. The van der Waals surface area contributed by atoms with Crippen LogP contribution in [0.4, 0.5) is 0 Å². The first-order valence-electron chi connectivity index (χ1n) is 2.64. The van der Waals surface area contributed by atoms with Crippen molar-refractivity contribution in [3.8, 4) is 0 Å². The number of thiol groups is 1. The van der Waals surface area contributed by atoms with Crippen LogP contribution in [0.15, 0.2) is 0 Å². The molecule has 0 radical (unpaired) electrons. The van der Waals surface area contributed by atoms with Crippen molar-refractivity contribution in [3.63, 3.8) is 0 Å². The lowest BCUT2D eigenvalue weighted by molar-refractivity contribution is 0.565. The zero-order valence-electron chi connectivity index (χ0n) is 5.88. The van der Waals surface area contributed by atoms with Gasteiger partial charge in [0.05, 0.1) is 9.83 Å². The second kappa shape index (κ2) is 2.50. The van der Waals surface area contributed by atoms with E-state index in [9.17, 15) is 8.42 Å². The number of sulfone groups is 1. The summed E-state index contributed by atoms with van der Waals surface area (Å²) in [6.45, 7) is 5.00. The van der Waals surface area contributed by atoms with Gasteiger partial charge in [0, 0.05) is 0 Å². The molecule has 56 valence electrons. The van der Waals surface area contributed by atoms with Crippen molar-refractivity contribution in [3.05, 3.63) is 0 Å². The molecule has 0 aromatic heterocycles. The molecular weight excluding hydrogens is 156 g/mol. The molecule has 0 fully saturated rings. The Morgan fingerprint density at radius 3 is 1.67 bits per heavy atom. The summed E-state index contributed by atoms with van der Waals surface area (Å²) in [4.78, 5) is 0. The summed E-state index contributed by atoms with van der Waals surface area (Å²) in [7, 11) is -2.97. The zero-order valence-corrected chi connectivity index (χ0v) is 7.59. The molecule has 0 aliphatic heterocycles. The summed E-state index contributed by atoms with van der Waals surface area (Å²) in [5, 5.41) is -0.0729. The van der Waals surface area contributed by atoms with Crippen LogP contribution in [0.5, 0.6) is 0 Å². The standard InChI is InChI=1S/C5H12O2S2/c1-5(2,3)9(6,7)4-8/h8H,4H2,1-3H3. The molecule has 0 atom stereocenters. The zero-order chi connectivity index (χ0) is 7.71. The van der Waals surface area contributed by atoms with Crippen molar-refractivity contribution in [1.82, 2.24) is 0 Å². The van der Waals surface area contributed by atoms with Gasteiger partial charge in [-0.2, -0.15) is 12.6 Å². The van der Waals surface area contributed by atoms with E-state index in [0.717, 1.165) is 0 Å². The normalized spacial score (nSPS) is 13.8. The van der Waals surface area contributed by atoms with Gasteiger partial charge < -0.3 is 0 Å². The fourth-order valence-electron chi connectivity index (χ4n) is 0.194. The van der Waals surface area contributed by atoms with Gasteiger partial charge in [-0.15, -0.1) is 0 Å². The Kier molecular flexibility index (Phi) is 2.58. The Labute approximate surface area is 62.0 Å². The third kappa shape index (κ3) is 2.18. The SMILES string of the molecule is CC(C)(C)S(=O)(=O)CS. The van der Waals surface area contributed by atoms with E-state index >= 15 is 0 Å². The highest BCUT2D eigenvalue weighted by Crippen LogP contribution is 2.16. The minimum atomic E-state index is -2.97. The number of rotatable bonds is 1. The van der Waals surface area contributed by atoms with Crippen LogP contribution in [0, 0.1) is 0 Å². The molecule has 0 bridgehead atoms. The van der Waals surface area contributed by atoms with E-state index in [2.05, 4.69) is 12.6 Å². The van der Waals surface area contributed by atoms with Gasteiger partial charge in [0.25, 0.3) is 0 Å². The van der Waals surface area contributed by atoms with Crippen molar-refractivity contribution in [1.29, 1.82) is 0 Å². The highest BCUT2D eigenvalue weighted by molar-refractivity contribution is 8.04. The third-order valence-electron chi connectivity index (χ3n) is 1.10. The van der Waals surface area contributed by atoms with Crippen LogP contribution in [0.1, 0.15) is 20.8 Å². The van der Waals surface area contributed by atoms with Crippen molar-refractivity contribution in [2.45, 2.75) is 25.5 Å². The minimum absolute atomic E-state index is 0.0729. The Morgan fingerprint density at radius 1 is 1.33 bits per heavy atom. The molecule has 0 amide bonds. The predicted molar refractivity (Wildman–Crippen MR) is 42.5 cm³/mol. The molecule has 0 saturated heterocycles. The van der Waals surface area contributed by atoms with Crippen LogP contribution in [0.25, 0.3) is 0 Å². The Bertz CT molecular complexity index is 174. The van der Waals surface area contributed by atoms with Gasteiger partial charge in [-0.25, -0.2) is 8.42 Å². The van der Waals surface area contributed by atoms with Crippen LogP contribution in [0.3, 0.4) is 0 Å². The van der Waals surface area contributed by atoms with Gasteiger partial charge in [-0.05, 0) is 20.8 Å². The Morgan fingerprint density at radius 2 is 1.67 bits per heavy atom. The summed E-state index contributed by atoms with van der Waals surface area (Å²) in [6.07, 6.45) is 0. The molecule has 4 heteroatoms. The van der Waals surface area contributed by atoms with Gasteiger partial charge in [0.15, 0.2) is 9.84 Å². The van der Waals surface area contributed by atoms with Crippen LogP contribution >= 0.6 is 12.6 Å². The Hall–Kier alpha value is 0.300. The molecule has 0 spiro atoms. The third-order valence-corrected chi connectivity index (χ3v) is 4.33. The molecule has 0 aliphatic carbocycles. The lowest BCUT2D eigenvalue weighted by Gasteiger charge is -2.16. The second-order valence-corrected chi connectivity index (χ2v) is 6.34.